The van der Waals surface area contributed by atoms with Crippen molar-refractivity contribution < 1.29 is 58.8 Å². The van der Waals surface area contributed by atoms with Gasteiger partial charge in [0.2, 0.25) is 0 Å². The molecule has 0 spiro atoms. The standard InChI is InChI=1S/C33H34O6.Na/c1-3-12-25-29(17-10-18-30(25)39-31-16-9-8-15-26(31)33(35)36)37-19-11-20-38-32-22-28(34)27(21-23(32)4-2)24-13-6-5-7-14-24;/h5-10,13-18,21-22,34H,3-4,11-12,19-20H2,1-2H3,(H,35,36);/q;+1/p-1. The van der Waals surface area contributed by atoms with Gasteiger partial charge in [-0.1, -0.05) is 68.8 Å². The summed E-state index contributed by atoms with van der Waals surface area (Å²) >= 11 is 0. The third-order valence-corrected chi connectivity index (χ3v) is 6.37. The quantitative estimate of drug-likeness (QED) is 0.203. The third kappa shape index (κ3) is 7.81. The number of benzene rings is 4. The van der Waals surface area contributed by atoms with E-state index in [-0.39, 0.29) is 46.6 Å². The van der Waals surface area contributed by atoms with Gasteiger partial charge in [0.15, 0.2) is 0 Å². The molecule has 4 rings (SSSR count). The van der Waals surface area contributed by atoms with Crippen molar-refractivity contribution in [3.05, 3.63) is 102 Å². The Morgan fingerprint density at radius 3 is 2.15 bits per heavy atom. The molecule has 4 aromatic rings. The van der Waals surface area contributed by atoms with E-state index >= 15 is 0 Å². The van der Waals surface area contributed by atoms with Crippen LogP contribution in [0.25, 0.3) is 11.1 Å². The van der Waals surface area contributed by atoms with E-state index in [1.807, 2.05) is 54.6 Å². The smallest absolute Gasteiger partial charge is 0.545 e. The zero-order valence-electron chi connectivity index (χ0n) is 23.3. The number of hydrogen-bond acceptors (Lipinski definition) is 6. The van der Waals surface area contributed by atoms with Gasteiger partial charge in [0.05, 0.1) is 19.2 Å². The van der Waals surface area contributed by atoms with E-state index in [0.29, 0.717) is 43.3 Å². The van der Waals surface area contributed by atoms with Gasteiger partial charge in [0.1, 0.15) is 28.7 Å². The predicted molar refractivity (Wildman–Crippen MR) is 150 cm³/mol. The van der Waals surface area contributed by atoms with E-state index in [1.54, 1.807) is 24.3 Å². The van der Waals surface area contributed by atoms with Crippen molar-refractivity contribution in [2.24, 2.45) is 0 Å². The molecule has 0 heterocycles. The molecular formula is C33H33NaO6. The molecule has 0 atom stereocenters. The monoisotopic (exact) mass is 548 g/mol. The second kappa shape index (κ2) is 15.4. The average Bonchev–Trinajstić information content (AvgIpc) is 2.95. The van der Waals surface area contributed by atoms with Crippen molar-refractivity contribution in [2.45, 2.75) is 39.5 Å². The van der Waals surface area contributed by atoms with Crippen LogP contribution in [0.15, 0.2) is 84.9 Å². The topological polar surface area (TPSA) is 88.1 Å². The number of phenols is 1. The molecule has 0 amide bonds. The fourth-order valence-corrected chi connectivity index (χ4v) is 4.41. The second-order valence-electron chi connectivity index (χ2n) is 9.12. The van der Waals surface area contributed by atoms with Gasteiger partial charge in [0.25, 0.3) is 0 Å². The number of carbonyl (C=O) groups excluding carboxylic acids is 1. The van der Waals surface area contributed by atoms with E-state index in [4.69, 9.17) is 14.2 Å². The number of para-hydroxylation sites is 1. The normalized spacial score (nSPS) is 10.4. The zero-order valence-corrected chi connectivity index (χ0v) is 25.3. The maximum Gasteiger partial charge on any atom is 1.00 e. The fraction of sp³-hybridized carbons (Fsp3) is 0.242. The summed E-state index contributed by atoms with van der Waals surface area (Å²) in [7, 11) is 0. The number of aromatic carboxylic acids is 1. The van der Waals surface area contributed by atoms with Crippen LogP contribution >= 0.6 is 0 Å². The van der Waals surface area contributed by atoms with E-state index < -0.39 is 5.97 Å². The predicted octanol–water partition coefficient (Wildman–Crippen LogP) is 3.58. The first-order valence-corrected chi connectivity index (χ1v) is 13.3. The van der Waals surface area contributed by atoms with Gasteiger partial charge in [-0.05, 0) is 54.3 Å². The molecule has 0 saturated heterocycles. The first kappa shape index (κ1) is 31.1. The molecule has 0 aliphatic rings. The summed E-state index contributed by atoms with van der Waals surface area (Å²) in [6, 6.07) is 25.4. The first-order chi connectivity index (χ1) is 19.0. The van der Waals surface area contributed by atoms with E-state index in [1.165, 1.54) is 6.07 Å². The summed E-state index contributed by atoms with van der Waals surface area (Å²) in [6.45, 7) is 4.97. The van der Waals surface area contributed by atoms with Crippen LogP contribution in [-0.2, 0) is 12.8 Å². The number of ether oxygens (including phenoxy) is 3. The summed E-state index contributed by atoms with van der Waals surface area (Å²) in [5, 5.41) is 22.1. The number of phenolic OH excluding ortho intramolecular Hbond substituents is 1. The molecule has 40 heavy (non-hydrogen) atoms. The third-order valence-electron chi connectivity index (χ3n) is 6.37. The van der Waals surface area contributed by atoms with Gasteiger partial charge >= 0.3 is 29.6 Å². The number of carboxylic acid groups (broad SMARTS) is 1. The number of aryl methyl sites for hydroxylation is 1. The van der Waals surface area contributed by atoms with Crippen LogP contribution in [0.1, 0.15) is 48.2 Å². The van der Waals surface area contributed by atoms with Crippen molar-refractivity contribution >= 4 is 5.97 Å². The number of carboxylic acids is 1. The minimum atomic E-state index is -1.29. The van der Waals surface area contributed by atoms with Crippen LogP contribution in [-0.4, -0.2) is 24.3 Å². The molecule has 0 saturated carbocycles. The van der Waals surface area contributed by atoms with Gasteiger partial charge in [-0.25, -0.2) is 0 Å². The van der Waals surface area contributed by atoms with E-state index in [9.17, 15) is 15.0 Å². The minimum absolute atomic E-state index is 0. The maximum absolute atomic E-state index is 11.5. The number of carbonyl (C=O) groups is 1. The van der Waals surface area contributed by atoms with Crippen LogP contribution in [0.3, 0.4) is 0 Å². The Kier molecular flexibility index (Phi) is 11.9. The Morgan fingerprint density at radius 2 is 1.45 bits per heavy atom. The van der Waals surface area contributed by atoms with Crippen molar-refractivity contribution in [2.75, 3.05) is 13.2 Å². The largest absolute Gasteiger partial charge is 1.00 e. The van der Waals surface area contributed by atoms with Gasteiger partial charge in [0, 0.05) is 29.2 Å². The molecule has 0 aliphatic carbocycles. The number of hydrogen-bond donors (Lipinski definition) is 1. The van der Waals surface area contributed by atoms with Crippen LogP contribution in [0, 0.1) is 0 Å². The molecule has 0 unspecified atom stereocenters. The van der Waals surface area contributed by atoms with Crippen LogP contribution < -0.4 is 48.9 Å². The van der Waals surface area contributed by atoms with Crippen molar-refractivity contribution in [1.82, 2.24) is 0 Å². The molecule has 0 aliphatic heterocycles. The van der Waals surface area contributed by atoms with Crippen molar-refractivity contribution in [3.8, 4) is 39.9 Å². The van der Waals surface area contributed by atoms with Crippen LogP contribution in [0.2, 0.25) is 0 Å². The second-order valence-corrected chi connectivity index (χ2v) is 9.12. The molecule has 0 fully saturated rings. The zero-order chi connectivity index (χ0) is 27.6. The Hall–Kier alpha value is -3.45. The average molecular weight is 549 g/mol. The Labute approximate surface area is 257 Å². The molecule has 0 aromatic heterocycles. The van der Waals surface area contributed by atoms with Crippen LogP contribution in [0.4, 0.5) is 0 Å². The summed E-state index contributed by atoms with van der Waals surface area (Å²) in [5.74, 6) is 1.05. The van der Waals surface area contributed by atoms with Crippen LogP contribution in [0.5, 0.6) is 28.7 Å². The Morgan fingerprint density at radius 1 is 0.800 bits per heavy atom. The SMILES string of the molecule is CCCc1c(OCCCOc2cc(O)c(-c3ccccc3)cc2CC)cccc1Oc1ccccc1C(=O)[O-].[Na+]. The summed E-state index contributed by atoms with van der Waals surface area (Å²) < 4.78 is 18.1. The van der Waals surface area contributed by atoms with Gasteiger partial charge in [-0.3, -0.25) is 0 Å². The maximum atomic E-state index is 11.5. The first-order valence-electron chi connectivity index (χ1n) is 13.3. The van der Waals surface area contributed by atoms with Crippen molar-refractivity contribution in [3.63, 3.8) is 0 Å². The molecule has 202 valence electrons. The van der Waals surface area contributed by atoms with Gasteiger partial charge < -0.3 is 29.2 Å². The van der Waals surface area contributed by atoms with E-state index in [2.05, 4.69) is 13.8 Å². The Balaban J connectivity index is 0.00000441. The summed E-state index contributed by atoms with van der Waals surface area (Å²) in [6.07, 6.45) is 2.99. The number of aromatic hydroxyl groups is 1. The van der Waals surface area contributed by atoms with Gasteiger partial charge in [-0.15, -0.1) is 0 Å². The molecule has 4 aromatic carbocycles. The molecule has 6 nitrogen and oxygen atoms in total. The number of rotatable bonds is 13. The molecule has 7 heteroatoms. The molecule has 1 N–H and O–H groups in total. The Bertz CT molecular complexity index is 1400. The molecular weight excluding hydrogens is 515 g/mol. The van der Waals surface area contributed by atoms with E-state index in [0.717, 1.165) is 35.1 Å². The summed E-state index contributed by atoms with van der Waals surface area (Å²) in [4.78, 5) is 11.5. The molecule has 0 bridgehead atoms. The molecule has 0 radical (unpaired) electrons. The van der Waals surface area contributed by atoms with Crippen molar-refractivity contribution in [1.29, 1.82) is 0 Å². The fourth-order valence-electron chi connectivity index (χ4n) is 4.41. The van der Waals surface area contributed by atoms with Gasteiger partial charge in [-0.2, -0.15) is 0 Å². The minimum Gasteiger partial charge on any atom is -0.545 e. The summed E-state index contributed by atoms with van der Waals surface area (Å²) in [5.41, 5.74) is 3.65.